The summed E-state index contributed by atoms with van der Waals surface area (Å²) in [5, 5.41) is 6.33. The lowest BCUT2D eigenvalue weighted by atomic mass is 10.1. The van der Waals surface area contributed by atoms with Gasteiger partial charge in [0.2, 0.25) is 5.91 Å². The number of hydrogen-bond acceptors (Lipinski definition) is 6. The Hall–Kier alpha value is -4.17. The van der Waals surface area contributed by atoms with Crippen molar-refractivity contribution in [2.45, 2.75) is 18.9 Å². The highest BCUT2D eigenvalue weighted by molar-refractivity contribution is 6.35. The van der Waals surface area contributed by atoms with Crippen molar-refractivity contribution in [3.63, 3.8) is 0 Å². The Morgan fingerprint density at radius 1 is 1.22 bits per heavy atom. The number of nitrogens with zero attached hydrogens (tertiary/aromatic N) is 5. The predicted molar refractivity (Wildman–Crippen MR) is 141 cm³/mol. The standard InChI is InChI=1S/C27H25ClN6O2/c1-3-24(35)33-13-5-6-19(16-33)34-27-21(14-30-15-22(27)28)26(32-34)18-8-10-20(11-9-18)36-23-7-4-12-31-25(23)17(2)29/h3-4,7-12,14-15,19H,1-2,5-6,13,16,29H2/t19-/m1/s1. The van der Waals surface area contributed by atoms with Crippen molar-refractivity contribution < 1.29 is 9.53 Å². The number of halogens is 1. The van der Waals surface area contributed by atoms with E-state index in [9.17, 15) is 4.79 Å². The van der Waals surface area contributed by atoms with E-state index in [1.54, 1.807) is 35.6 Å². The summed E-state index contributed by atoms with van der Waals surface area (Å²) in [5.41, 5.74) is 9.13. The number of rotatable bonds is 6. The molecule has 1 aliphatic heterocycles. The topological polar surface area (TPSA) is 99.2 Å². The number of carbonyl (C=O) groups is 1. The molecular weight excluding hydrogens is 476 g/mol. The maximum atomic E-state index is 12.2. The Kier molecular flexibility index (Phi) is 6.43. The summed E-state index contributed by atoms with van der Waals surface area (Å²) in [7, 11) is 0. The van der Waals surface area contributed by atoms with Crippen LogP contribution in [0.4, 0.5) is 0 Å². The first-order valence-corrected chi connectivity index (χ1v) is 11.9. The number of likely N-dealkylation sites (tertiary alicyclic amines) is 1. The average molecular weight is 501 g/mol. The zero-order valence-corrected chi connectivity index (χ0v) is 20.4. The Labute approximate surface area is 213 Å². The van der Waals surface area contributed by atoms with Crippen molar-refractivity contribution in [3.8, 4) is 22.8 Å². The molecular formula is C27H25ClN6O2. The molecule has 0 saturated carbocycles. The van der Waals surface area contributed by atoms with E-state index in [0.29, 0.717) is 41.0 Å². The highest BCUT2D eigenvalue weighted by atomic mass is 35.5. The molecule has 0 aliphatic carbocycles. The van der Waals surface area contributed by atoms with Crippen molar-refractivity contribution in [2.24, 2.45) is 5.73 Å². The minimum absolute atomic E-state index is 0.00484. The van der Waals surface area contributed by atoms with Crippen LogP contribution >= 0.6 is 11.6 Å². The maximum Gasteiger partial charge on any atom is 0.246 e. The number of benzene rings is 1. The molecule has 1 fully saturated rings. The first kappa shape index (κ1) is 23.6. The highest BCUT2D eigenvalue weighted by Crippen LogP contribution is 2.36. The van der Waals surface area contributed by atoms with Crippen LogP contribution in [0.25, 0.3) is 27.9 Å². The maximum absolute atomic E-state index is 12.2. The third kappa shape index (κ3) is 4.43. The van der Waals surface area contributed by atoms with Crippen molar-refractivity contribution in [1.29, 1.82) is 0 Å². The van der Waals surface area contributed by atoms with Gasteiger partial charge >= 0.3 is 0 Å². The van der Waals surface area contributed by atoms with Gasteiger partial charge in [-0.3, -0.25) is 19.4 Å². The van der Waals surface area contributed by atoms with Crippen LogP contribution in [-0.4, -0.2) is 43.6 Å². The number of aromatic nitrogens is 4. The minimum Gasteiger partial charge on any atom is -0.455 e. The number of ether oxygens (including phenoxy) is 1. The van der Waals surface area contributed by atoms with Gasteiger partial charge in [0.1, 0.15) is 17.1 Å². The van der Waals surface area contributed by atoms with E-state index in [2.05, 4.69) is 23.1 Å². The van der Waals surface area contributed by atoms with Gasteiger partial charge in [-0.1, -0.05) is 24.8 Å². The molecule has 1 atom stereocenters. The highest BCUT2D eigenvalue weighted by Gasteiger charge is 2.27. The van der Waals surface area contributed by atoms with Crippen LogP contribution in [0.15, 0.2) is 74.2 Å². The van der Waals surface area contributed by atoms with Gasteiger partial charge in [-0.15, -0.1) is 0 Å². The summed E-state index contributed by atoms with van der Waals surface area (Å²) in [6, 6.07) is 11.2. The van der Waals surface area contributed by atoms with Gasteiger partial charge in [0.15, 0.2) is 5.75 Å². The van der Waals surface area contributed by atoms with Crippen molar-refractivity contribution in [2.75, 3.05) is 13.1 Å². The van der Waals surface area contributed by atoms with Crippen LogP contribution in [0, 0.1) is 0 Å². The van der Waals surface area contributed by atoms with Crippen molar-refractivity contribution in [1.82, 2.24) is 24.6 Å². The fourth-order valence-electron chi connectivity index (χ4n) is 4.53. The molecule has 8 nitrogen and oxygen atoms in total. The Bertz CT molecular complexity index is 1460. The minimum atomic E-state index is -0.0743. The molecule has 1 amide bonds. The van der Waals surface area contributed by atoms with Gasteiger partial charge in [0, 0.05) is 42.6 Å². The molecule has 0 bridgehead atoms. The molecule has 5 rings (SSSR count). The van der Waals surface area contributed by atoms with E-state index in [0.717, 1.165) is 35.0 Å². The summed E-state index contributed by atoms with van der Waals surface area (Å²) in [6.07, 6.45) is 8.16. The van der Waals surface area contributed by atoms with Gasteiger partial charge in [-0.25, -0.2) is 0 Å². The fourth-order valence-corrected chi connectivity index (χ4v) is 4.77. The molecule has 4 heterocycles. The molecule has 2 N–H and O–H groups in total. The fraction of sp³-hybridized carbons (Fsp3) is 0.185. The number of hydrogen-bond donors (Lipinski definition) is 1. The Morgan fingerprint density at radius 3 is 2.78 bits per heavy atom. The van der Waals surface area contributed by atoms with E-state index < -0.39 is 0 Å². The van der Waals surface area contributed by atoms with E-state index in [1.807, 2.05) is 28.9 Å². The van der Waals surface area contributed by atoms with E-state index in [4.69, 9.17) is 27.2 Å². The van der Waals surface area contributed by atoms with Gasteiger partial charge in [-0.05, 0) is 55.3 Å². The van der Waals surface area contributed by atoms with Crippen LogP contribution in [-0.2, 0) is 4.79 Å². The lowest BCUT2D eigenvalue weighted by Crippen LogP contribution is -2.40. The monoisotopic (exact) mass is 500 g/mol. The molecule has 0 spiro atoms. The molecule has 9 heteroatoms. The first-order chi connectivity index (χ1) is 17.5. The second-order valence-electron chi connectivity index (χ2n) is 8.60. The van der Waals surface area contributed by atoms with E-state index in [-0.39, 0.29) is 11.9 Å². The second kappa shape index (κ2) is 9.83. The number of fused-ring (bicyclic) bond motifs is 1. The molecule has 1 aromatic carbocycles. The quantitative estimate of drug-likeness (QED) is 0.364. The zero-order chi connectivity index (χ0) is 25.2. The molecule has 3 aromatic heterocycles. The number of pyridine rings is 2. The summed E-state index contributed by atoms with van der Waals surface area (Å²) >= 11 is 6.60. The van der Waals surface area contributed by atoms with Gasteiger partial charge in [0.25, 0.3) is 0 Å². The lowest BCUT2D eigenvalue weighted by molar-refractivity contribution is -0.127. The van der Waals surface area contributed by atoms with Crippen LogP contribution in [0.2, 0.25) is 5.02 Å². The predicted octanol–water partition coefficient (Wildman–Crippen LogP) is 5.22. The second-order valence-corrected chi connectivity index (χ2v) is 9.00. The smallest absolute Gasteiger partial charge is 0.246 e. The first-order valence-electron chi connectivity index (χ1n) is 11.6. The third-order valence-corrected chi connectivity index (χ3v) is 6.50. The molecule has 0 radical (unpaired) electrons. The Balaban J connectivity index is 1.49. The van der Waals surface area contributed by atoms with E-state index in [1.165, 1.54) is 6.08 Å². The van der Waals surface area contributed by atoms with E-state index >= 15 is 0 Å². The summed E-state index contributed by atoms with van der Waals surface area (Å²) < 4.78 is 7.95. The average Bonchev–Trinajstić information content (AvgIpc) is 3.30. The normalized spacial score (nSPS) is 15.6. The zero-order valence-electron chi connectivity index (χ0n) is 19.6. The van der Waals surface area contributed by atoms with Crippen LogP contribution in [0.1, 0.15) is 24.6 Å². The van der Waals surface area contributed by atoms with Gasteiger partial charge in [0.05, 0.1) is 22.3 Å². The van der Waals surface area contributed by atoms with Gasteiger partial charge < -0.3 is 15.4 Å². The summed E-state index contributed by atoms with van der Waals surface area (Å²) in [5.74, 6) is 1.08. The Morgan fingerprint density at radius 2 is 2.03 bits per heavy atom. The molecule has 1 aliphatic rings. The van der Waals surface area contributed by atoms with Crippen molar-refractivity contribution >= 4 is 34.1 Å². The van der Waals surface area contributed by atoms with Gasteiger partial charge in [-0.2, -0.15) is 5.10 Å². The number of carbonyl (C=O) groups excluding carboxylic acids is 1. The number of amides is 1. The summed E-state index contributed by atoms with van der Waals surface area (Å²) in [6.45, 7) is 8.64. The van der Waals surface area contributed by atoms with Crippen molar-refractivity contribution in [3.05, 3.63) is 84.9 Å². The molecule has 4 aromatic rings. The molecule has 0 unspecified atom stereocenters. The molecule has 1 saturated heterocycles. The number of nitrogens with two attached hydrogens (primary N) is 1. The largest absolute Gasteiger partial charge is 0.455 e. The summed E-state index contributed by atoms with van der Waals surface area (Å²) in [4.78, 5) is 22.6. The van der Waals surface area contributed by atoms with Crippen LogP contribution in [0.5, 0.6) is 11.5 Å². The third-order valence-electron chi connectivity index (χ3n) is 6.22. The lowest BCUT2D eigenvalue weighted by Gasteiger charge is -2.32. The molecule has 36 heavy (non-hydrogen) atoms. The number of piperidine rings is 1. The molecule has 182 valence electrons. The van der Waals surface area contributed by atoms with Crippen LogP contribution in [0.3, 0.4) is 0 Å². The SMILES string of the molecule is C=CC(=O)N1CCC[C@@H](n2nc(-c3ccc(Oc4cccnc4C(=C)N)cc3)c3cncc(Cl)c32)C1. The van der Waals surface area contributed by atoms with Crippen LogP contribution < -0.4 is 10.5 Å².